The third-order valence-electron chi connectivity index (χ3n) is 3.37. The molecule has 2 unspecified atom stereocenters. The lowest BCUT2D eigenvalue weighted by Crippen LogP contribution is -2.42. The molecule has 1 aliphatic rings. The zero-order valence-electron chi connectivity index (χ0n) is 10.4. The fourth-order valence-electron chi connectivity index (χ4n) is 2.30. The maximum absolute atomic E-state index is 6.11. The van der Waals surface area contributed by atoms with E-state index in [1.54, 1.807) is 7.11 Å². The standard InChI is InChI=1S/C12H20N4O/c1-8-11(14-7-15-12(8)17-2)16-10-6-4-3-5-9(10)13/h7,9-10H,3-6,13H2,1-2H3,(H,14,15,16). The largest absolute Gasteiger partial charge is 0.481 e. The first-order chi connectivity index (χ1) is 8.22. The van der Waals surface area contributed by atoms with Gasteiger partial charge < -0.3 is 15.8 Å². The molecule has 1 aliphatic carbocycles. The van der Waals surface area contributed by atoms with Crippen molar-refractivity contribution in [3.8, 4) is 5.88 Å². The first-order valence-electron chi connectivity index (χ1n) is 6.10. The van der Waals surface area contributed by atoms with Crippen LogP contribution in [0.4, 0.5) is 5.82 Å². The van der Waals surface area contributed by atoms with E-state index in [0.29, 0.717) is 11.9 Å². The molecule has 1 heterocycles. The number of hydrogen-bond donors (Lipinski definition) is 2. The predicted octanol–water partition coefficient (Wildman–Crippen LogP) is 1.48. The number of anilines is 1. The molecule has 0 amide bonds. The van der Waals surface area contributed by atoms with Gasteiger partial charge in [-0.3, -0.25) is 0 Å². The van der Waals surface area contributed by atoms with E-state index in [0.717, 1.165) is 24.2 Å². The molecule has 1 fully saturated rings. The van der Waals surface area contributed by atoms with Gasteiger partial charge in [-0.1, -0.05) is 12.8 Å². The summed E-state index contributed by atoms with van der Waals surface area (Å²) in [4.78, 5) is 8.32. The molecule has 0 aromatic carbocycles. The lowest BCUT2D eigenvalue weighted by Gasteiger charge is -2.30. The molecular weight excluding hydrogens is 216 g/mol. The van der Waals surface area contributed by atoms with E-state index in [2.05, 4.69) is 15.3 Å². The molecule has 1 aromatic heterocycles. The van der Waals surface area contributed by atoms with Gasteiger partial charge in [-0.15, -0.1) is 0 Å². The monoisotopic (exact) mass is 236 g/mol. The third-order valence-corrected chi connectivity index (χ3v) is 3.37. The molecule has 2 rings (SSSR count). The number of aromatic nitrogens is 2. The van der Waals surface area contributed by atoms with Gasteiger partial charge in [-0.05, 0) is 19.8 Å². The summed E-state index contributed by atoms with van der Waals surface area (Å²) in [6.45, 7) is 1.95. The SMILES string of the molecule is COc1ncnc(NC2CCCCC2N)c1C. The second-order valence-corrected chi connectivity index (χ2v) is 4.56. The van der Waals surface area contributed by atoms with Crippen molar-refractivity contribution in [1.82, 2.24) is 9.97 Å². The Morgan fingerprint density at radius 1 is 1.35 bits per heavy atom. The van der Waals surface area contributed by atoms with Crippen LogP contribution in [0, 0.1) is 6.92 Å². The Hall–Kier alpha value is -1.36. The van der Waals surface area contributed by atoms with Crippen LogP contribution >= 0.6 is 0 Å². The quantitative estimate of drug-likeness (QED) is 0.831. The molecular formula is C12H20N4O. The average Bonchev–Trinajstić information content (AvgIpc) is 2.34. The van der Waals surface area contributed by atoms with Crippen LogP contribution in [-0.2, 0) is 0 Å². The van der Waals surface area contributed by atoms with Gasteiger partial charge in [0.1, 0.15) is 12.1 Å². The molecule has 0 spiro atoms. The van der Waals surface area contributed by atoms with Crippen LogP contribution in [0.15, 0.2) is 6.33 Å². The van der Waals surface area contributed by atoms with Crippen LogP contribution in [0.25, 0.3) is 0 Å². The molecule has 5 nitrogen and oxygen atoms in total. The Morgan fingerprint density at radius 2 is 2.12 bits per heavy atom. The fourth-order valence-corrected chi connectivity index (χ4v) is 2.30. The van der Waals surface area contributed by atoms with Crippen molar-refractivity contribution in [3.63, 3.8) is 0 Å². The van der Waals surface area contributed by atoms with E-state index >= 15 is 0 Å². The van der Waals surface area contributed by atoms with Gasteiger partial charge in [0.2, 0.25) is 5.88 Å². The summed E-state index contributed by atoms with van der Waals surface area (Å²) in [6, 6.07) is 0.520. The van der Waals surface area contributed by atoms with Crippen LogP contribution in [0.1, 0.15) is 31.2 Å². The molecule has 0 aliphatic heterocycles. The van der Waals surface area contributed by atoms with E-state index in [9.17, 15) is 0 Å². The van der Waals surface area contributed by atoms with Crippen molar-refractivity contribution in [2.75, 3.05) is 12.4 Å². The summed E-state index contributed by atoms with van der Waals surface area (Å²) in [7, 11) is 1.62. The van der Waals surface area contributed by atoms with E-state index in [1.807, 2.05) is 6.92 Å². The third kappa shape index (κ3) is 2.66. The lowest BCUT2D eigenvalue weighted by molar-refractivity contribution is 0.390. The maximum Gasteiger partial charge on any atom is 0.221 e. The van der Waals surface area contributed by atoms with Crippen LogP contribution in [-0.4, -0.2) is 29.2 Å². The van der Waals surface area contributed by atoms with Crippen molar-refractivity contribution in [2.45, 2.75) is 44.7 Å². The zero-order valence-corrected chi connectivity index (χ0v) is 10.4. The van der Waals surface area contributed by atoms with Gasteiger partial charge >= 0.3 is 0 Å². The van der Waals surface area contributed by atoms with Crippen LogP contribution < -0.4 is 15.8 Å². The topological polar surface area (TPSA) is 73.1 Å². The van der Waals surface area contributed by atoms with Gasteiger partial charge in [0.15, 0.2) is 0 Å². The number of nitrogens with zero attached hydrogens (tertiary/aromatic N) is 2. The van der Waals surface area contributed by atoms with E-state index in [1.165, 1.54) is 19.2 Å². The minimum absolute atomic E-state index is 0.212. The Labute approximate surface area is 102 Å². The summed E-state index contributed by atoms with van der Waals surface area (Å²) in [5.41, 5.74) is 7.05. The van der Waals surface area contributed by atoms with Crippen molar-refractivity contribution in [2.24, 2.45) is 5.73 Å². The summed E-state index contributed by atoms with van der Waals surface area (Å²) in [6.07, 6.45) is 6.16. The average molecular weight is 236 g/mol. The Morgan fingerprint density at radius 3 is 2.82 bits per heavy atom. The summed E-state index contributed by atoms with van der Waals surface area (Å²) >= 11 is 0. The number of ether oxygens (including phenoxy) is 1. The van der Waals surface area contributed by atoms with Crippen LogP contribution in [0.5, 0.6) is 5.88 Å². The number of rotatable bonds is 3. The summed E-state index contributed by atoms with van der Waals surface area (Å²) < 4.78 is 5.18. The second-order valence-electron chi connectivity index (χ2n) is 4.56. The normalized spacial score (nSPS) is 24.4. The molecule has 0 saturated heterocycles. The highest BCUT2D eigenvalue weighted by Crippen LogP contribution is 2.24. The molecule has 0 radical (unpaired) electrons. The summed E-state index contributed by atoms with van der Waals surface area (Å²) in [5.74, 6) is 1.45. The first kappa shape index (κ1) is 12.1. The molecule has 2 atom stereocenters. The van der Waals surface area contributed by atoms with Gasteiger partial charge in [0, 0.05) is 12.1 Å². The second kappa shape index (κ2) is 5.31. The van der Waals surface area contributed by atoms with E-state index in [-0.39, 0.29) is 6.04 Å². The van der Waals surface area contributed by atoms with E-state index in [4.69, 9.17) is 10.5 Å². The van der Waals surface area contributed by atoms with Gasteiger partial charge in [-0.25, -0.2) is 9.97 Å². The van der Waals surface area contributed by atoms with Crippen LogP contribution in [0.2, 0.25) is 0 Å². The van der Waals surface area contributed by atoms with Gasteiger partial charge in [0.25, 0.3) is 0 Å². The lowest BCUT2D eigenvalue weighted by atomic mass is 9.91. The predicted molar refractivity (Wildman–Crippen MR) is 67.2 cm³/mol. The highest BCUT2D eigenvalue weighted by atomic mass is 16.5. The van der Waals surface area contributed by atoms with E-state index < -0.39 is 0 Å². The Bertz CT molecular complexity index is 383. The van der Waals surface area contributed by atoms with Crippen molar-refractivity contribution in [1.29, 1.82) is 0 Å². The summed E-state index contributed by atoms with van der Waals surface area (Å²) in [5, 5.41) is 3.42. The van der Waals surface area contributed by atoms with Gasteiger partial charge in [0.05, 0.1) is 12.7 Å². The molecule has 1 aromatic rings. The van der Waals surface area contributed by atoms with Crippen molar-refractivity contribution in [3.05, 3.63) is 11.9 Å². The Kier molecular flexibility index (Phi) is 3.78. The fraction of sp³-hybridized carbons (Fsp3) is 0.667. The molecule has 94 valence electrons. The van der Waals surface area contributed by atoms with Gasteiger partial charge in [-0.2, -0.15) is 0 Å². The Balaban J connectivity index is 2.12. The minimum Gasteiger partial charge on any atom is -0.481 e. The van der Waals surface area contributed by atoms with Crippen molar-refractivity contribution < 1.29 is 4.74 Å². The highest BCUT2D eigenvalue weighted by molar-refractivity contribution is 5.48. The highest BCUT2D eigenvalue weighted by Gasteiger charge is 2.22. The van der Waals surface area contributed by atoms with Crippen LogP contribution in [0.3, 0.4) is 0 Å². The zero-order chi connectivity index (χ0) is 12.3. The minimum atomic E-state index is 0.212. The molecule has 17 heavy (non-hydrogen) atoms. The number of methoxy groups -OCH3 is 1. The maximum atomic E-state index is 6.11. The molecule has 1 saturated carbocycles. The number of hydrogen-bond acceptors (Lipinski definition) is 5. The molecule has 0 bridgehead atoms. The molecule has 5 heteroatoms. The smallest absolute Gasteiger partial charge is 0.221 e. The first-order valence-corrected chi connectivity index (χ1v) is 6.10. The number of nitrogens with two attached hydrogens (primary N) is 1. The van der Waals surface area contributed by atoms with Crippen molar-refractivity contribution >= 4 is 5.82 Å². The molecule has 3 N–H and O–H groups in total. The number of nitrogens with one attached hydrogen (secondary N) is 1.